The predicted molar refractivity (Wildman–Crippen MR) is 113 cm³/mol. The maximum Gasteiger partial charge on any atom is 0.262 e. The third-order valence-corrected chi connectivity index (χ3v) is 5.77. The number of piperidine rings is 1. The van der Waals surface area contributed by atoms with E-state index in [9.17, 15) is 24.0 Å². The number of carbonyl (C=O) groups is 5. The van der Waals surface area contributed by atoms with Gasteiger partial charge >= 0.3 is 0 Å². The highest BCUT2D eigenvalue weighted by atomic mass is 35.5. The molecule has 9 nitrogen and oxygen atoms in total. The first-order valence-corrected chi connectivity index (χ1v) is 10.4. The monoisotopic (exact) mass is 474 g/mol. The summed E-state index contributed by atoms with van der Waals surface area (Å²) >= 11 is 11.8. The molecule has 2 saturated heterocycles. The van der Waals surface area contributed by atoms with Gasteiger partial charge in [0, 0.05) is 30.7 Å². The molecule has 2 atom stereocenters. The van der Waals surface area contributed by atoms with E-state index in [2.05, 4.69) is 15.6 Å². The zero-order valence-electron chi connectivity index (χ0n) is 16.4. The van der Waals surface area contributed by atoms with Crippen molar-refractivity contribution in [1.82, 2.24) is 20.5 Å². The van der Waals surface area contributed by atoms with Crippen LogP contribution < -0.4 is 10.6 Å². The van der Waals surface area contributed by atoms with Crippen molar-refractivity contribution in [3.8, 4) is 0 Å². The fourth-order valence-corrected chi connectivity index (χ4v) is 4.04. The number of nitrogens with one attached hydrogen (secondary N) is 2. The summed E-state index contributed by atoms with van der Waals surface area (Å²) in [6, 6.07) is 0.352. The number of pyridine rings is 1. The lowest BCUT2D eigenvalue weighted by Crippen LogP contribution is -2.54. The molecule has 3 heterocycles. The number of rotatable bonds is 4. The second-order valence-electron chi connectivity index (χ2n) is 7.36. The number of hydrogen-bond donors (Lipinski definition) is 2. The van der Waals surface area contributed by atoms with Crippen molar-refractivity contribution < 1.29 is 24.0 Å². The van der Waals surface area contributed by atoms with E-state index in [4.69, 9.17) is 23.2 Å². The van der Waals surface area contributed by atoms with E-state index in [0.717, 1.165) is 4.90 Å². The second kappa shape index (κ2) is 8.68. The van der Waals surface area contributed by atoms with Gasteiger partial charge in [-0.2, -0.15) is 0 Å². The largest absolute Gasteiger partial charge is 0.351 e. The second-order valence-corrected chi connectivity index (χ2v) is 8.15. The van der Waals surface area contributed by atoms with Gasteiger partial charge < -0.3 is 5.32 Å². The molecule has 164 valence electrons. The van der Waals surface area contributed by atoms with Crippen LogP contribution in [0.4, 0.5) is 0 Å². The average Bonchev–Trinajstić information content (AvgIpc) is 2.89. The van der Waals surface area contributed by atoms with E-state index in [1.807, 2.05) is 0 Å². The molecule has 3 aliphatic rings. The summed E-state index contributed by atoms with van der Waals surface area (Å²) in [5, 5.41) is 5.12. The molecular formula is C21H16Cl2N4O5. The minimum atomic E-state index is -1.04. The van der Waals surface area contributed by atoms with E-state index in [0.29, 0.717) is 0 Å². The molecule has 2 N–H and O–H groups in total. The smallest absolute Gasteiger partial charge is 0.262 e. The van der Waals surface area contributed by atoms with Crippen LogP contribution in [-0.4, -0.2) is 52.0 Å². The molecule has 0 spiro atoms. The van der Waals surface area contributed by atoms with Gasteiger partial charge in [-0.05, 0) is 18.6 Å². The summed E-state index contributed by atoms with van der Waals surface area (Å²) < 4.78 is 0. The molecule has 0 radical (unpaired) electrons. The van der Waals surface area contributed by atoms with E-state index < -0.39 is 41.5 Å². The summed E-state index contributed by atoms with van der Waals surface area (Å²) in [5.41, 5.74) is 0.414. The van der Waals surface area contributed by atoms with Crippen molar-refractivity contribution in [2.24, 2.45) is 5.92 Å². The number of halogens is 2. The minimum absolute atomic E-state index is 0.00191. The fraction of sp³-hybridized carbons (Fsp3) is 0.238. The number of aromatic nitrogens is 1. The predicted octanol–water partition coefficient (Wildman–Crippen LogP) is 1.33. The summed E-state index contributed by atoms with van der Waals surface area (Å²) in [7, 11) is 0. The van der Waals surface area contributed by atoms with Gasteiger partial charge in [-0.15, -0.1) is 0 Å². The number of allylic oxidation sites excluding steroid dienone is 2. The summed E-state index contributed by atoms with van der Waals surface area (Å²) in [6.07, 6.45) is 7.85. The summed E-state index contributed by atoms with van der Waals surface area (Å²) in [5.74, 6) is -3.22. The Morgan fingerprint density at radius 3 is 2.69 bits per heavy atom. The molecule has 1 aromatic rings. The number of imide groups is 2. The van der Waals surface area contributed by atoms with Crippen LogP contribution in [0.3, 0.4) is 0 Å². The number of amides is 5. The number of fused-ring (bicyclic) bond motifs is 1. The molecular weight excluding hydrogens is 459 g/mol. The number of hydrogen-bond acceptors (Lipinski definition) is 6. The molecule has 2 aliphatic heterocycles. The highest BCUT2D eigenvalue weighted by Gasteiger charge is 2.46. The van der Waals surface area contributed by atoms with Crippen LogP contribution in [0.2, 0.25) is 10.2 Å². The van der Waals surface area contributed by atoms with Gasteiger partial charge in [0.2, 0.25) is 11.8 Å². The van der Waals surface area contributed by atoms with E-state index >= 15 is 0 Å². The number of nitrogens with zero attached hydrogens (tertiary/aromatic N) is 2. The first kappa shape index (κ1) is 21.9. The van der Waals surface area contributed by atoms with Gasteiger partial charge in [0.05, 0.1) is 16.2 Å². The van der Waals surface area contributed by atoms with Crippen LogP contribution in [0.25, 0.3) is 0 Å². The third-order valence-electron chi connectivity index (χ3n) is 5.26. The standard InChI is InChI=1S/C21H16Cl2N4O5/c22-11-7-14(17(23)24-9-11)18(29)25-8-10-2-1-3-12-13(6-10)21(32)27(20(12)31)15-4-5-16(28)26-19(15)30/h1-3,6-7,9-10,15H,4-5,8H2,(H,25,29)(H,26,28,30). The summed E-state index contributed by atoms with van der Waals surface area (Å²) in [6.45, 7) is 0.114. The zero-order chi connectivity index (χ0) is 23.0. The summed E-state index contributed by atoms with van der Waals surface area (Å²) in [4.78, 5) is 66.6. The van der Waals surface area contributed by atoms with E-state index in [1.165, 1.54) is 18.3 Å². The first-order chi connectivity index (χ1) is 15.3. The van der Waals surface area contributed by atoms with Crippen molar-refractivity contribution in [1.29, 1.82) is 0 Å². The SMILES string of the molecule is O=C1CCC(N2C(=O)C3=CC=CC(CNC(=O)c4cc(Cl)cnc4Cl)C=C3C2=O)C(=O)N1. The van der Waals surface area contributed by atoms with Crippen LogP contribution in [0.5, 0.6) is 0 Å². The fourth-order valence-electron chi connectivity index (χ4n) is 3.69. The molecule has 1 aromatic heterocycles. The van der Waals surface area contributed by atoms with Gasteiger partial charge in [-0.3, -0.25) is 34.2 Å². The van der Waals surface area contributed by atoms with Crippen molar-refractivity contribution >= 4 is 52.7 Å². The third kappa shape index (κ3) is 4.09. The van der Waals surface area contributed by atoms with Crippen molar-refractivity contribution in [2.45, 2.75) is 18.9 Å². The van der Waals surface area contributed by atoms with Crippen LogP contribution in [-0.2, 0) is 19.2 Å². The van der Waals surface area contributed by atoms with Crippen LogP contribution in [0.15, 0.2) is 47.7 Å². The average molecular weight is 475 g/mol. The van der Waals surface area contributed by atoms with Crippen LogP contribution in [0.1, 0.15) is 23.2 Å². The van der Waals surface area contributed by atoms with E-state index in [1.54, 1.807) is 18.2 Å². The highest BCUT2D eigenvalue weighted by molar-refractivity contribution is 6.34. The van der Waals surface area contributed by atoms with Gasteiger partial charge in [0.25, 0.3) is 17.7 Å². The van der Waals surface area contributed by atoms with Gasteiger partial charge in [-0.1, -0.05) is 41.4 Å². The molecule has 2 fully saturated rings. The molecule has 5 amide bonds. The Kier molecular flexibility index (Phi) is 5.94. The normalized spacial score (nSPS) is 22.8. The number of carbonyl (C=O) groups excluding carboxylic acids is 5. The lowest BCUT2D eigenvalue weighted by Gasteiger charge is -2.27. The molecule has 11 heteroatoms. The lowest BCUT2D eigenvalue weighted by atomic mass is 10.0. The molecule has 32 heavy (non-hydrogen) atoms. The lowest BCUT2D eigenvalue weighted by molar-refractivity contribution is -0.149. The zero-order valence-corrected chi connectivity index (χ0v) is 17.9. The maximum absolute atomic E-state index is 13.0. The molecule has 4 rings (SSSR count). The Balaban J connectivity index is 1.51. The van der Waals surface area contributed by atoms with Crippen LogP contribution >= 0.6 is 23.2 Å². The molecule has 1 aliphatic carbocycles. The quantitative estimate of drug-likeness (QED) is 0.500. The Bertz CT molecular complexity index is 1160. The highest BCUT2D eigenvalue weighted by Crippen LogP contribution is 2.32. The molecule has 0 aromatic carbocycles. The van der Waals surface area contributed by atoms with E-state index in [-0.39, 0.29) is 46.3 Å². The first-order valence-electron chi connectivity index (χ1n) is 9.67. The topological polar surface area (TPSA) is 126 Å². The Hall–Kier alpha value is -3.30. The van der Waals surface area contributed by atoms with Crippen molar-refractivity contribution in [3.63, 3.8) is 0 Å². The Morgan fingerprint density at radius 1 is 1.19 bits per heavy atom. The van der Waals surface area contributed by atoms with Crippen LogP contribution in [0, 0.1) is 5.92 Å². The Labute approximate surface area is 192 Å². The molecule has 2 unspecified atom stereocenters. The molecule has 0 bridgehead atoms. The van der Waals surface area contributed by atoms with Gasteiger partial charge in [-0.25, -0.2) is 4.98 Å². The van der Waals surface area contributed by atoms with Gasteiger partial charge in [0.1, 0.15) is 11.2 Å². The number of likely N-dealkylation sites (tertiary alicyclic amines) is 1. The molecule has 0 saturated carbocycles. The van der Waals surface area contributed by atoms with Crippen molar-refractivity contribution in [2.75, 3.05) is 6.54 Å². The van der Waals surface area contributed by atoms with Crippen molar-refractivity contribution in [3.05, 3.63) is 63.5 Å². The minimum Gasteiger partial charge on any atom is -0.351 e. The Morgan fingerprint density at radius 2 is 1.94 bits per heavy atom. The maximum atomic E-state index is 13.0. The van der Waals surface area contributed by atoms with Gasteiger partial charge in [0.15, 0.2) is 0 Å².